The molecule has 0 aliphatic carbocycles. The van der Waals surface area contributed by atoms with Crippen molar-refractivity contribution < 1.29 is 0 Å². The SMILES string of the molecule is NCCC=Cc1ccnc(Br)c1. The van der Waals surface area contributed by atoms with Crippen molar-refractivity contribution >= 4 is 22.0 Å². The van der Waals surface area contributed by atoms with Crippen LogP contribution in [0.15, 0.2) is 29.0 Å². The van der Waals surface area contributed by atoms with E-state index in [4.69, 9.17) is 5.73 Å². The molecule has 12 heavy (non-hydrogen) atoms. The van der Waals surface area contributed by atoms with Gasteiger partial charge in [0.1, 0.15) is 4.60 Å². The van der Waals surface area contributed by atoms with Crippen LogP contribution in [0.25, 0.3) is 6.08 Å². The third-order valence-corrected chi connectivity index (χ3v) is 1.83. The highest BCUT2D eigenvalue weighted by atomic mass is 79.9. The standard InChI is InChI=1S/C9H11BrN2/c10-9-7-8(4-6-12-9)3-1-2-5-11/h1,3-4,6-7H,2,5,11H2. The Morgan fingerprint density at radius 2 is 2.42 bits per heavy atom. The molecule has 0 aromatic carbocycles. The zero-order valence-corrected chi connectivity index (χ0v) is 8.29. The lowest BCUT2D eigenvalue weighted by atomic mass is 10.2. The molecule has 3 heteroatoms. The van der Waals surface area contributed by atoms with E-state index in [1.165, 1.54) is 0 Å². The van der Waals surface area contributed by atoms with Crippen LogP contribution in [0.2, 0.25) is 0 Å². The maximum absolute atomic E-state index is 5.35. The lowest BCUT2D eigenvalue weighted by molar-refractivity contribution is 1.01. The van der Waals surface area contributed by atoms with Crippen molar-refractivity contribution in [2.24, 2.45) is 5.73 Å². The molecule has 0 aliphatic heterocycles. The van der Waals surface area contributed by atoms with Crippen LogP contribution in [-0.2, 0) is 0 Å². The third kappa shape index (κ3) is 3.15. The van der Waals surface area contributed by atoms with E-state index in [1.807, 2.05) is 18.2 Å². The molecule has 0 spiro atoms. The molecule has 2 nitrogen and oxygen atoms in total. The fourth-order valence-electron chi connectivity index (χ4n) is 0.837. The summed E-state index contributed by atoms with van der Waals surface area (Å²) in [5.41, 5.74) is 6.49. The summed E-state index contributed by atoms with van der Waals surface area (Å²) in [7, 11) is 0. The van der Waals surface area contributed by atoms with Crippen molar-refractivity contribution in [1.29, 1.82) is 0 Å². The Morgan fingerprint density at radius 3 is 3.08 bits per heavy atom. The monoisotopic (exact) mass is 226 g/mol. The number of nitrogens with zero attached hydrogens (tertiary/aromatic N) is 1. The van der Waals surface area contributed by atoms with E-state index in [2.05, 4.69) is 27.0 Å². The Kier molecular flexibility index (Phi) is 3.97. The Hall–Kier alpha value is -0.670. The molecule has 1 aromatic heterocycles. The molecule has 0 amide bonds. The molecule has 2 N–H and O–H groups in total. The Balaban J connectivity index is 2.63. The topological polar surface area (TPSA) is 38.9 Å². The van der Waals surface area contributed by atoms with E-state index in [0.717, 1.165) is 16.6 Å². The highest BCUT2D eigenvalue weighted by Gasteiger charge is 1.88. The Labute approximate surface area is 80.6 Å². The van der Waals surface area contributed by atoms with Crippen LogP contribution >= 0.6 is 15.9 Å². The first-order valence-corrected chi connectivity index (χ1v) is 4.60. The molecule has 64 valence electrons. The minimum absolute atomic E-state index is 0.697. The van der Waals surface area contributed by atoms with Gasteiger partial charge in [-0.2, -0.15) is 0 Å². The second-order valence-electron chi connectivity index (χ2n) is 2.39. The van der Waals surface area contributed by atoms with Crippen molar-refractivity contribution in [2.45, 2.75) is 6.42 Å². The van der Waals surface area contributed by atoms with Gasteiger partial charge >= 0.3 is 0 Å². The van der Waals surface area contributed by atoms with Crippen LogP contribution in [0.3, 0.4) is 0 Å². The minimum atomic E-state index is 0.697. The van der Waals surface area contributed by atoms with Crippen LogP contribution in [0, 0.1) is 0 Å². The number of hydrogen-bond acceptors (Lipinski definition) is 2. The maximum Gasteiger partial charge on any atom is 0.106 e. The number of pyridine rings is 1. The van der Waals surface area contributed by atoms with Crippen LogP contribution in [-0.4, -0.2) is 11.5 Å². The largest absolute Gasteiger partial charge is 0.330 e. The van der Waals surface area contributed by atoms with Gasteiger partial charge in [-0.1, -0.05) is 12.2 Å². The van der Waals surface area contributed by atoms with Crippen molar-refractivity contribution in [3.8, 4) is 0 Å². The minimum Gasteiger partial charge on any atom is -0.330 e. The van der Waals surface area contributed by atoms with E-state index in [-0.39, 0.29) is 0 Å². The van der Waals surface area contributed by atoms with Crippen molar-refractivity contribution in [3.05, 3.63) is 34.6 Å². The van der Waals surface area contributed by atoms with Crippen LogP contribution in [0.1, 0.15) is 12.0 Å². The summed E-state index contributed by atoms with van der Waals surface area (Å²) >= 11 is 3.30. The first-order chi connectivity index (χ1) is 5.83. The third-order valence-electron chi connectivity index (χ3n) is 1.39. The lowest BCUT2D eigenvalue weighted by Gasteiger charge is -1.92. The van der Waals surface area contributed by atoms with Gasteiger partial charge in [-0.3, -0.25) is 0 Å². The molecule has 0 bridgehead atoms. The Bertz CT molecular complexity index is 271. The first kappa shape index (κ1) is 9.42. The molecule has 0 unspecified atom stereocenters. The van der Waals surface area contributed by atoms with Gasteiger partial charge < -0.3 is 5.73 Å². The predicted molar refractivity (Wildman–Crippen MR) is 54.6 cm³/mol. The number of halogens is 1. The van der Waals surface area contributed by atoms with Gasteiger partial charge in [0.15, 0.2) is 0 Å². The number of aromatic nitrogens is 1. The molecule has 1 heterocycles. The summed E-state index contributed by atoms with van der Waals surface area (Å²) in [4.78, 5) is 4.03. The number of nitrogens with two attached hydrogens (primary N) is 1. The highest BCUT2D eigenvalue weighted by Crippen LogP contribution is 2.09. The average molecular weight is 227 g/mol. The predicted octanol–water partition coefficient (Wildman–Crippen LogP) is 2.21. The van der Waals surface area contributed by atoms with Gasteiger partial charge in [0.25, 0.3) is 0 Å². The van der Waals surface area contributed by atoms with Crippen molar-refractivity contribution in [1.82, 2.24) is 4.98 Å². The molecular formula is C9H11BrN2. The van der Waals surface area contributed by atoms with Gasteiger partial charge in [0.2, 0.25) is 0 Å². The fourth-order valence-corrected chi connectivity index (χ4v) is 1.22. The summed E-state index contributed by atoms with van der Waals surface area (Å²) in [5.74, 6) is 0. The molecule has 0 fully saturated rings. The highest BCUT2D eigenvalue weighted by molar-refractivity contribution is 9.10. The first-order valence-electron chi connectivity index (χ1n) is 3.81. The molecule has 0 saturated heterocycles. The zero-order valence-electron chi connectivity index (χ0n) is 6.70. The number of hydrogen-bond donors (Lipinski definition) is 1. The van der Waals surface area contributed by atoms with Crippen molar-refractivity contribution in [3.63, 3.8) is 0 Å². The molecule has 1 aromatic rings. The molecular weight excluding hydrogens is 216 g/mol. The van der Waals surface area contributed by atoms with E-state index >= 15 is 0 Å². The number of rotatable bonds is 3. The smallest absolute Gasteiger partial charge is 0.106 e. The maximum atomic E-state index is 5.35. The second kappa shape index (κ2) is 5.06. The molecule has 0 saturated carbocycles. The quantitative estimate of drug-likeness (QED) is 0.804. The fraction of sp³-hybridized carbons (Fsp3) is 0.222. The van der Waals surface area contributed by atoms with Gasteiger partial charge in [0.05, 0.1) is 0 Å². The normalized spacial score (nSPS) is 10.8. The second-order valence-corrected chi connectivity index (χ2v) is 3.20. The summed E-state index contributed by atoms with van der Waals surface area (Å²) in [6, 6.07) is 3.92. The van der Waals surface area contributed by atoms with E-state index in [0.29, 0.717) is 6.54 Å². The van der Waals surface area contributed by atoms with Crippen LogP contribution < -0.4 is 5.73 Å². The van der Waals surface area contributed by atoms with Gasteiger partial charge in [0, 0.05) is 6.20 Å². The molecule has 1 rings (SSSR count). The van der Waals surface area contributed by atoms with E-state index in [9.17, 15) is 0 Å². The molecule has 0 atom stereocenters. The van der Waals surface area contributed by atoms with Crippen LogP contribution in [0.4, 0.5) is 0 Å². The van der Waals surface area contributed by atoms with Gasteiger partial charge in [-0.15, -0.1) is 0 Å². The summed E-state index contributed by atoms with van der Waals surface area (Å²) in [6.45, 7) is 0.697. The van der Waals surface area contributed by atoms with Crippen LogP contribution in [0.5, 0.6) is 0 Å². The zero-order chi connectivity index (χ0) is 8.81. The summed E-state index contributed by atoms with van der Waals surface area (Å²) in [5, 5.41) is 0. The Morgan fingerprint density at radius 1 is 1.58 bits per heavy atom. The average Bonchev–Trinajstić information content (AvgIpc) is 2.05. The summed E-state index contributed by atoms with van der Waals surface area (Å²) < 4.78 is 0.859. The molecule has 0 aliphatic rings. The lowest BCUT2D eigenvalue weighted by Crippen LogP contribution is -1.94. The van der Waals surface area contributed by atoms with Gasteiger partial charge in [-0.05, 0) is 46.6 Å². The molecule has 0 radical (unpaired) electrons. The van der Waals surface area contributed by atoms with Gasteiger partial charge in [-0.25, -0.2) is 4.98 Å². The summed E-state index contributed by atoms with van der Waals surface area (Å²) in [6.07, 6.45) is 6.78. The van der Waals surface area contributed by atoms with E-state index in [1.54, 1.807) is 6.20 Å². The van der Waals surface area contributed by atoms with E-state index < -0.39 is 0 Å². The van der Waals surface area contributed by atoms with Crippen molar-refractivity contribution in [2.75, 3.05) is 6.54 Å².